The van der Waals surface area contributed by atoms with Crippen LogP contribution in [-0.4, -0.2) is 42.2 Å². The zero-order valence-electron chi connectivity index (χ0n) is 24.8. The molecule has 0 N–H and O–H groups in total. The van der Waals surface area contributed by atoms with Gasteiger partial charge in [0.05, 0.1) is 23.3 Å². The third-order valence-corrected chi connectivity index (χ3v) is 9.59. The lowest BCUT2D eigenvalue weighted by molar-refractivity contribution is -0.384. The number of carbonyl (C=O) groups is 3. The number of methoxy groups -OCH3 is 1. The van der Waals surface area contributed by atoms with E-state index in [1.54, 1.807) is 0 Å². The molecule has 2 aromatic carbocycles. The number of thiophene rings is 1. The first-order valence-electron chi connectivity index (χ1n) is 15.0. The van der Waals surface area contributed by atoms with Crippen molar-refractivity contribution in [1.29, 1.82) is 0 Å². The normalized spacial score (nSPS) is 21.6. The summed E-state index contributed by atoms with van der Waals surface area (Å²) in [5.41, 5.74) is 1.64. The highest BCUT2D eigenvalue weighted by Gasteiger charge is 2.38. The average molecular weight is 621 g/mol. The van der Waals surface area contributed by atoms with Crippen LogP contribution >= 0.6 is 11.3 Å². The first-order valence-corrected chi connectivity index (χ1v) is 15.8. The number of carbonyl (C=O) groups excluding carboxylic acids is 3. The van der Waals surface area contributed by atoms with Crippen molar-refractivity contribution < 1.29 is 33.5 Å². The average Bonchev–Trinajstić information content (AvgIpc) is 3.45. The molecule has 1 heterocycles. The lowest BCUT2D eigenvalue weighted by atomic mass is 9.81. The number of nitro groups is 1. The second-order valence-corrected chi connectivity index (χ2v) is 12.5. The molecule has 11 heteroatoms. The molecule has 5 rings (SSSR count). The Balaban J connectivity index is 1.38. The van der Waals surface area contributed by atoms with Gasteiger partial charge in [0, 0.05) is 29.0 Å². The minimum atomic E-state index is -0.853. The van der Waals surface area contributed by atoms with Crippen molar-refractivity contribution in [2.45, 2.75) is 70.4 Å². The topological polar surface area (TPSA) is 125 Å². The molecule has 2 aliphatic carbocycles. The van der Waals surface area contributed by atoms with Crippen LogP contribution in [0.25, 0.3) is 10.4 Å². The molecule has 0 atom stereocenters. The van der Waals surface area contributed by atoms with Crippen LogP contribution in [0, 0.1) is 22.0 Å². The van der Waals surface area contributed by atoms with E-state index in [0.717, 1.165) is 36.1 Å². The molecule has 2 saturated carbocycles. The van der Waals surface area contributed by atoms with Crippen LogP contribution in [0.15, 0.2) is 60.7 Å². The van der Waals surface area contributed by atoms with Gasteiger partial charge in [0.15, 0.2) is 0 Å². The molecule has 10 nitrogen and oxygen atoms in total. The van der Waals surface area contributed by atoms with Crippen molar-refractivity contribution in [3.05, 3.63) is 76.3 Å². The van der Waals surface area contributed by atoms with Crippen LogP contribution < -0.4 is 9.64 Å². The first-order chi connectivity index (χ1) is 21.2. The molecular formula is C33H36N2O8S. The first kappa shape index (κ1) is 31.2. The van der Waals surface area contributed by atoms with Gasteiger partial charge < -0.3 is 19.1 Å². The van der Waals surface area contributed by atoms with E-state index < -0.39 is 17.0 Å². The van der Waals surface area contributed by atoms with Gasteiger partial charge >= 0.3 is 12.1 Å². The summed E-state index contributed by atoms with van der Waals surface area (Å²) >= 11 is 1.29. The number of benzene rings is 2. The molecule has 3 aromatic rings. The molecule has 0 aliphatic heterocycles. The highest BCUT2D eigenvalue weighted by atomic mass is 32.1. The number of nitro benzene ring substituents is 1. The van der Waals surface area contributed by atoms with Crippen molar-refractivity contribution in [1.82, 2.24) is 0 Å². The predicted molar refractivity (Wildman–Crippen MR) is 166 cm³/mol. The largest absolute Gasteiger partial charge is 0.514 e. The van der Waals surface area contributed by atoms with Crippen molar-refractivity contribution >= 4 is 40.7 Å². The Morgan fingerprint density at radius 3 is 2.18 bits per heavy atom. The van der Waals surface area contributed by atoms with Crippen molar-refractivity contribution in [3.8, 4) is 15.5 Å². The molecule has 2 fully saturated rings. The Kier molecular flexibility index (Phi) is 9.94. The fraction of sp³-hybridized carbons (Fsp3) is 0.424. The lowest BCUT2D eigenvalue weighted by Crippen LogP contribution is -2.47. The minimum absolute atomic E-state index is 0.0235. The molecule has 1 aromatic heterocycles. The second kappa shape index (κ2) is 14.0. The fourth-order valence-corrected chi connectivity index (χ4v) is 7.02. The highest BCUT2D eigenvalue weighted by Crippen LogP contribution is 2.46. The number of non-ortho nitro benzene ring substituents is 1. The van der Waals surface area contributed by atoms with Crippen LogP contribution in [0.2, 0.25) is 0 Å². The summed E-state index contributed by atoms with van der Waals surface area (Å²) in [5.74, 6) is -0.0607. The van der Waals surface area contributed by atoms with Crippen LogP contribution in [0.4, 0.5) is 16.2 Å². The van der Waals surface area contributed by atoms with E-state index in [1.165, 1.54) is 42.7 Å². The summed E-state index contributed by atoms with van der Waals surface area (Å²) in [6.07, 6.45) is 4.63. The number of hydrogen-bond acceptors (Lipinski definition) is 9. The molecule has 1 amide bonds. The third kappa shape index (κ3) is 7.27. The molecule has 0 spiro atoms. The van der Waals surface area contributed by atoms with E-state index >= 15 is 0 Å². The Morgan fingerprint density at radius 2 is 1.57 bits per heavy atom. The van der Waals surface area contributed by atoms with Gasteiger partial charge in [-0.15, -0.1) is 0 Å². The number of hydrogen-bond donors (Lipinski definition) is 0. The predicted octanol–water partition coefficient (Wildman–Crippen LogP) is 7.80. The molecule has 0 saturated heterocycles. The molecular weight excluding hydrogens is 584 g/mol. The van der Waals surface area contributed by atoms with Gasteiger partial charge in [-0.1, -0.05) is 48.6 Å². The van der Waals surface area contributed by atoms with Crippen molar-refractivity contribution in [3.63, 3.8) is 0 Å². The van der Waals surface area contributed by atoms with Gasteiger partial charge in [-0.3, -0.25) is 14.9 Å². The van der Waals surface area contributed by atoms with Crippen LogP contribution in [0.3, 0.4) is 0 Å². The van der Waals surface area contributed by atoms with Gasteiger partial charge in [-0.25, -0.2) is 9.59 Å². The number of esters is 1. The fourth-order valence-electron chi connectivity index (χ4n) is 6.03. The number of ether oxygens (including phenoxy) is 3. The Hall–Kier alpha value is -4.25. The lowest BCUT2D eigenvalue weighted by Gasteiger charge is -2.39. The van der Waals surface area contributed by atoms with Gasteiger partial charge in [-0.2, -0.15) is 0 Å². The maximum absolute atomic E-state index is 14.3. The van der Waals surface area contributed by atoms with E-state index in [4.69, 9.17) is 14.2 Å². The maximum Gasteiger partial charge on any atom is 0.514 e. The number of nitrogens with zero attached hydrogens (tertiary/aromatic N) is 2. The van der Waals surface area contributed by atoms with E-state index in [2.05, 4.69) is 6.92 Å². The summed E-state index contributed by atoms with van der Waals surface area (Å²) < 4.78 is 16.2. The molecule has 0 unspecified atom stereocenters. The van der Waals surface area contributed by atoms with Crippen molar-refractivity contribution in [2.75, 3.05) is 12.0 Å². The number of anilines is 1. The summed E-state index contributed by atoms with van der Waals surface area (Å²) in [5, 5.41) is 11.2. The SMILES string of the molecule is COC(=O)Oc1sc(-c2ccccc2)cc1N(C(=O)C1CCC(C)CC1)C1CCC(OC(=O)c2ccc([N+](=O)[O-])cc2)CC1. The minimum Gasteiger partial charge on any atom is -0.459 e. The van der Waals surface area contributed by atoms with E-state index in [0.29, 0.717) is 42.4 Å². The summed E-state index contributed by atoms with van der Waals surface area (Å²) in [4.78, 5) is 52.5. The Morgan fingerprint density at radius 1 is 0.909 bits per heavy atom. The monoisotopic (exact) mass is 620 g/mol. The van der Waals surface area contributed by atoms with Crippen molar-refractivity contribution in [2.24, 2.45) is 11.8 Å². The second-order valence-electron chi connectivity index (χ2n) is 11.5. The molecule has 232 valence electrons. The van der Waals surface area contributed by atoms with Gasteiger partial charge in [-0.05, 0) is 81.0 Å². The summed E-state index contributed by atoms with van der Waals surface area (Å²) in [6, 6.07) is 16.8. The van der Waals surface area contributed by atoms with Crippen LogP contribution in [-0.2, 0) is 14.3 Å². The standard InChI is InChI=1S/C33H36N2O8S/c1-21-8-10-23(11-9-21)30(36)34(28-20-29(22-6-4-3-5-7-22)44-32(28)43-33(38)41-2)25-16-18-27(19-17-25)42-31(37)24-12-14-26(15-13-24)35(39)40/h3-7,12-15,20-21,23,25,27H,8-11,16-19H2,1-2H3. The van der Waals surface area contributed by atoms with E-state index in [9.17, 15) is 24.5 Å². The van der Waals surface area contributed by atoms with Crippen LogP contribution in [0.1, 0.15) is 68.6 Å². The zero-order chi connectivity index (χ0) is 31.2. The molecule has 0 radical (unpaired) electrons. The summed E-state index contributed by atoms with van der Waals surface area (Å²) in [6.45, 7) is 2.21. The molecule has 2 aliphatic rings. The summed E-state index contributed by atoms with van der Waals surface area (Å²) in [7, 11) is 1.25. The molecule has 44 heavy (non-hydrogen) atoms. The smallest absolute Gasteiger partial charge is 0.459 e. The number of rotatable bonds is 8. The van der Waals surface area contributed by atoms with E-state index in [-0.39, 0.29) is 35.2 Å². The quantitative estimate of drug-likeness (QED) is 0.142. The zero-order valence-corrected chi connectivity index (χ0v) is 25.6. The number of amides is 1. The van der Waals surface area contributed by atoms with Gasteiger partial charge in [0.25, 0.3) is 5.69 Å². The molecule has 0 bridgehead atoms. The van der Waals surface area contributed by atoms with Crippen LogP contribution in [0.5, 0.6) is 5.06 Å². The maximum atomic E-state index is 14.3. The Labute approximate surface area is 260 Å². The third-order valence-electron chi connectivity index (χ3n) is 8.54. The van der Waals surface area contributed by atoms with Gasteiger partial charge in [0.2, 0.25) is 11.0 Å². The van der Waals surface area contributed by atoms with Gasteiger partial charge in [0.1, 0.15) is 6.10 Å². The Bertz CT molecular complexity index is 1470. The highest BCUT2D eigenvalue weighted by molar-refractivity contribution is 7.18. The van der Waals surface area contributed by atoms with E-state index in [1.807, 2.05) is 41.3 Å².